The van der Waals surface area contributed by atoms with Gasteiger partial charge in [-0.25, -0.2) is 0 Å². The van der Waals surface area contributed by atoms with Crippen LogP contribution >= 0.6 is 0 Å². The van der Waals surface area contributed by atoms with Gasteiger partial charge in [0.25, 0.3) is 0 Å². The van der Waals surface area contributed by atoms with Crippen molar-refractivity contribution in [1.29, 1.82) is 0 Å². The van der Waals surface area contributed by atoms with Crippen molar-refractivity contribution >= 4 is 0 Å². The van der Waals surface area contributed by atoms with Crippen molar-refractivity contribution in [3.05, 3.63) is 17.0 Å². The van der Waals surface area contributed by atoms with Crippen LogP contribution in [0.1, 0.15) is 50.1 Å². The lowest BCUT2D eigenvalue weighted by atomic mass is 10.1. The predicted molar refractivity (Wildman–Crippen MR) is 68.9 cm³/mol. The van der Waals surface area contributed by atoms with E-state index in [9.17, 15) is 0 Å². The average Bonchev–Trinajstić information content (AvgIpc) is 3.05. The lowest BCUT2D eigenvalue weighted by Gasteiger charge is -2.22. The van der Waals surface area contributed by atoms with Crippen molar-refractivity contribution in [3.63, 3.8) is 0 Å². The normalized spacial score (nSPS) is 16.1. The average molecular weight is 236 g/mol. The van der Waals surface area contributed by atoms with Gasteiger partial charge in [-0.2, -0.15) is 0 Å². The molecule has 1 saturated carbocycles. The van der Waals surface area contributed by atoms with Gasteiger partial charge in [-0.1, -0.05) is 19.0 Å². The van der Waals surface area contributed by atoms with Crippen LogP contribution in [0.5, 0.6) is 0 Å². The van der Waals surface area contributed by atoms with E-state index < -0.39 is 0 Å². The second-order valence-corrected chi connectivity index (χ2v) is 5.69. The smallest absolute Gasteiger partial charge is 0.138 e. The van der Waals surface area contributed by atoms with Crippen LogP contribution < -0.4 is 0 Å². The highest BCUT2D eigenvalue weighted by Crippen LogP contribution is 2.30. The van der Waals surface area contributed by atoms with E-state index in [1.807, 2.05) is 13.8 Å². The first kappa shape index (κ1) is 12.6. The van der Waals surface area contributed by atoms with Gasteiger partial charge >= 0.3 is 0 Å². The van der Waals surface area contributed by atoms with Crippen molar-refractivity contribution in [2.45, 2.75) is 59.5 Å². The van der Waals surface area contributed by atoms with Gasteiger partial charge in [-0.05, 0) is 45.6 Å². The molecule has 17 heavy (non-hydrogen) atoms. The number of aromatic nitrogens is 1. The van der Waals surface area contributed by atoms with Crippen LogP contribution in [0.4, 0.5) is 0 Å². The fourth-order valence-electron chi connectivity index (χ4n) is 2.19. The zero-order chi connectivity index (χ0) is 12.4. The topological polar surface area (TPSA) is 29.3 Å². The molecule has 1 aliphatic rings. The zero-order valence-electron chi connectivity index (χ0n) is 11.5. The summed E-state index contributed by atoms with van der Waals surface area (Å²) < 4.78 is 5.25. The molecule has 0 unspecified atom stereocenters. The minimum atomic E-state index is 0.779. The first-order chi connectivity index (χ1) is 8.08. The molecule has 3 heteroatoms. The highest BCUT2D eigenvalue weighted by Gasteiger charge is 2.29. The molecule has 0 bridgehead atoms. The quantitative estimate of drug-likeness (QED) is 0.759. The van der Waals surface area contributed by atoms with E-state index in [1.165, 1.54) is 31.4 Å². The molecular weight excluding hydrogens is 212 g/mol. The summed E-state index contributed by atoms with van der Waals surface area (Å²) in [7, 11) is 0. The monoisotopic (exact) mass is 236 g/mol. The van der Waals surface area contributed by atoms with Crippen molar-refractivity contribution in [2.75, 3.05) is 6.54 Å². The molecule has 1 heterocycles. The lowest BCUT2D eigenvalue weighted by Crippen LogP contribution is -2.28. The van der Waals surface area contributed by atoms with Gasteiger partial charge in [0.05, 0.1) is 5.69 Å². The number of nitrogens with zero attached hydrogens (tertiary/aromatic N) is 2. The fraction of sp³-hybridized carbons (Fsp3) is 0.786. The van der Waals surface area contributed by atoms with Crippen LogP contribution in [0.15, 0.2) is 4.52 Å². The Morgan fingerprint density at radius 3 is 2.53 bits per heavy atom. The van der Waals surface area contributed by atoms with Crippen LogP contribution in [0, 0.1) is 19.8 Å². The summed E-state index contributed by atoms with van der Waals surface area (Å²) in [6.45, 7) is 10.9. The zero-order valence-corrected chi connectivity index (χ0v) is 11.5. The van der Waals surface area contributed by atoms with Crippen LogP contribution in [-0.2, 0) is 6.54 Å². The SMILES string of the molecule is Cc1noc(C)c1CN(CCC(C)C)C1CC1. The lowest BCUT2D eigenvalue weighted by molar-refractivity contribution is 0.237. The maximum atomic E-state index is 5.25. The summed E-state index contributed by atoms with van der Waals surface area (Å²) in [5.74, 6) is 1.76. The van der Waals surface area contributed by atoms with E-state index in [0.717, 1.165) is 30.0 Å². The summed E-state index contributed by atoms with van der Waals surface area (Å²) in [4.78, 5) is 2.60. The molecule has 2 rings (SSSR count). The Morgan fingerprint density at radius 1 is 1.35 bits per heavy atom. The summed E-state index contributed by atoms with van der Waals surface area (Å²) in [6, 6.07) is 0.808. The molecular formula is C14H24N2O. The molecule has 0 aromatic carbocycles. The number of rotatable bonds is 6. The minimum absolute atomic E-state index is 0.779. The predicted octanol–water partition coefficient (Wildman–Crippen LogP) is 3.30. The third-order valence-electron chi connectivity index (χ3n) is 3.60. The molecule has 1 aliphatic carbocycles. The first-order valence-electron chi connectivity index (χ1n) is 6.73. The third kappa shape index (κ3) is 3.32. The van der Waals surface area contributed by atoms with E-state index in [-0.39, 0.29) is 0 Å². The molecule has 0 amide bonds. The van der Waals surface area contributed by atoms with E-state index in [4.69, 9.17) is 4.52 Å². The summed E-state index contributed by atoms with van der Waals surface area (Å²) in [5, 5.41) is 4.04. The van der Waals surface area contributed by atoms with E-state index in [2.05, 4.69) is 23.9 Å². The maximum absolute atomic E-state index is 5.25. The van der Waals surface area contributed by atoms with Gasteiger partial charge < -0.3 is 4.52 Å². The molecule has 96 valence electrons. The first-order valence-corrected chi connectivity index (χ1v) is 6.73. The number of aryl methyl sites for hydroxylation is 2. The Hall–Kier alpha value is -0.830. The number of hydrogen-bond donors (Lipinski definition) is 0. The van der Waals surface area contributed by atoms with Gasteiger partial charge in [0.2, 0.25) is 0 Å². The molecule has 1 aromatic rings. The van der Waals surface area contributed by atoms with Crippen LogP contribution in [0.2, 0.25) is 0 Å². The molecule has 1 fully saturated rings. The van der Waals surface area contributed by atoms with Gasteiger partial charge in [0.15, 0.2) is 0 Å². The molecule has 3 nitrogen and oxygen atoms in total. The highest BCUT2D eigenvalue weighted by atomic mass is 16.5. The molecule has 0 aliphatic heterocycles. The Labute approximate surface area is 104 Å². The molecule has 0 atom stereocenters. The van der Waals surface area contributed by atoms with Crippen LogP contribution in [-0.4, -0.2) is 22.6 Å². The van der Waals surface area contributed by atoms with E-state index in [0.29, 0.717) is 0 Å². The van der Waals surface area contributed by atoms with Crippen molar-refractivity contribution in [2.24, 2.45) is 5.92 Å². The third-order valence-corrected chi connectivity index (χ3v) is 3.60. The summed E-state index contributed by atoms with van der Waals surface area (Å²) >= 11 is 0. The highest BCUT2D eigenvalue weighted by molar-refractivity contribution is 5.20. The number of hydrogen-bond acceptors (Lipinski definition) is 3. The second kappa shape index (κ2) is 5.21. The fourth-order valence-corrected chi connectivity index (χ4v) is 2.19. The largest absolute Gasteiger partial charge is 0.361 e. The van der Waals surface area contributed by atoms with Gasteiger partial charge in [-0.3, -0.25) is 4.90 Å². The van der Waals surface area contributed by atoms with Crippen LogP contribution in [0.3, 0.4) is 0 Å². The van der Waals surface area contributed by atoms with Crippen molar-refractivity contribution in [1.82, 2.24) is 10.1 Å². The van der Waals surface area contributed by atoms with Gasteiger partial charge in [0.1, 0.15) is 5.76 Å². The molecule has 0 spiro atoms. The summed E-state index contributed by atoms with van der Waals surface area (Å²) in [5.41, 5.74) is 2.35. The molecule has 0 saturated heterocycles. The van der Waals surface area contributed by atoms with Gasteiger partial charge in [-0.15, -0.1) is 0 Å². The van der Waals surface area contributed by atoms with Crippen molar-refractivity contribution < 1.29 is 4.52 Å². The van der Waals surface area contributed by atoms with Crippen molar-refractivity contribution in [3.8, 4) is 0 Å². The van der Waals surface area contributed by atoms with E-state index >= 15 is 0 Å². The Morgan fingerprint density at radius 2 is 2.06 bits per heavy atom. The Bertz CT molecular complexity index is 347. The maximum Gasteiger partial charge on any atom is 0.138 e. The standard InChI is InChI=1S/C14H24N2O/c1-10(2)7-8-16(13-5-6-13)9-14-11(3)15-17-12(14)4/h10,13H,5-9H2,1-4H3. The Kier molecular flexibility index (Phi) is 3.87. The van der Waals surface area contributed by atoms with E-state index in [1.54, 1.807) is 0 Å². The minimum Gasteiger partial charge on any atom is -0.361 e. The van der Waals surface area contributed by atoms with Crippen LogP contribution in [0.25, 0.3) is 0 Å². The summed E-state index contributed by atoms with van der Waals surface area (Å²) in [6.07, 6.45) is 4.00. The molecule has 0 N–H and O–H groups in total. The van der Waals surface area contributed by atoms with Gasteiger partial charge in [0, 0.05) is 18.2 Å². The Balaban J connectivity index is 1.97. The molecule has 1 aromatic heterocycles. The molecule has 0 radical (unpaired) electrons. The second-order valence-electron chi connectivity index (χ2n) is 5.69.